The van der Waals surface area contributed by atoms with E-state index in [-0.39, 0.29) is 11.6 Å². The minimum Gasteiger partial charge on any atom is -0.350 e. The average Bonchev–Trinajstić information content (AvgIpc) is 3.06. The molecule has 1 amide bonds. The van der Waals surface area contributed by atoms with Crippen molar-refractivity contribution in [3.05, 3.63) is 66.2 Å². The van der Waals surface area contributed by atoms with Crippen LogP contribution in [0.1, 0.15) is 10.6 Å². The quantitative estimate of drug-likeness (QED) is 0.719. The van der Waals surface area contributed by atoms with Crippen LogP contribution < -0.4 is 5.32 Å². The number of anilines is 1. The van der Waals surface area contributed by atoms with Crippen molar-refractivity contribution in [3.63, 3.8) is 0 Å². The van der Waals surface area contributed by atoms with Gasteiger partial charge in [0, 0.05) is 22.2 Å². The van der Waals surface area contributed by atoms with Crippen LogP contribution in [0, 0.1) is 5.82 Å². The Morgan fingerprint density at radius 2 is 1.96 bits per heavy atom. The molecule has 0 aliphatic rings. The number of halogens is 1. The van der Waals surface area contributed by atoms with Gasteiger partial charge in [-0.25, -0.2) is 4.39 Å². The Labute approximate surface area is 136 Å². The first-order valence-electron chi connectivity index (χ1n) is 6.84. The van der Waals surface area contributed by atoms with Crippen LogP contribution in [-0.2, 0) is 0 Å². The smallest absolute Gasteiger partial charge is 0.294 e. The Bertz CT molecular complexity index is 831. The molecule has 0 aliphatic carbocycles. The summed E-state index contributed by atoms with van der Waals surface area (Å²) in [6, 6.07) is 14.9. The Kier molecular flexibility index (Phi) is 4.43. The molecule has 3 rings (SSSR count). The maximum atomic E-state index is 13.2. The number of carbonyl (C=O) groups excluding carboxylic acids is 1. The van der Waals surface area contributed by atoms with Crippen molar-refractivity contribution in [3.8, 4) is 11.3 Å². The lowest BCUT2D eigenvalue weighted by Crippen LogP contribution is -2.10. The summed E-state index contributed by atoms with van der Waals surface area (Å²) in [5.41, 5.74) is 1.63. The molecule has 0 fully saturated rings. The molecule has 0 atom stereocenters. The van der Waals surface area contributed by atoms with Gasteiger partial charge in [0.1, 0.15) is 11.5 Å². The number of aromatic nitrogens is 1. The van der Waals surface area contributed by atoms with Crippen molar-refractivity contribution in [2.24, 2.45) is 0 Å². The van der Waals surface area contributed by atoms with Gasteiger partial charge in [0.2, 0.25) is 5.76 Å². The lowest BCUT2D eigenvalue weighted by Gasteiger charge is -2.03. The van der Waals surface area contributed by atoms with E-state index in [1.807, 2.05) is 30.5 Å². The first kappa shape index (κ1) is 15.3. The van der Waals surface area contributed by atoms with Crippen LogP contribution in [0.2, 0.25) is 0 Å². The van der Waals surface area contributed by atoms with Crippen LogP contribution >= 0.6 is 11.8 Å². The van der Waals surface area contributed by atoms with Gasteiger partial charge < -0.3 is 9.84 Å². The van der Waals surface area contributed by atoms with Crippen molar-refractivity contribution in [1.29, 1.82) is 0 Å². The second-order valence-electron chi connectivity index (χ2n) is 4.77. The van der Waals surface area contributed by atoms with Crippen molar-refractivity contribution in [2.75, 3.05) is 11.6 Å². The maximum Gasteiger partial charge on any atom is 0.294 e. The largest absolute Gasteiger partial charge is 0.350 e. The first-order chi connectivity index (χ1) is 11.2. The molecule has 0 saturated carbocycles. The van der Waals surface area contributed by atoms with Crippen LogP contribution in [0.3, 0.4) is 0 Å². The third-order valence-corrected chi connectivity index (χ3v) is 3.95. The summed E-state index contributed by atoms with van der Waals surface area (Å²) in [5, 5.41) is 6.54. The minimum atomic E-state index is -0.406. The highest BCUT2D eigenvalue weighted by atomic mass is 32.2. The highest BCUT2D eigenvalue weighted by molar-refractivity contribution is 7.98. The number of nitrogens with zero attached hydrogens (tertiary/aromatic N) is 1. The second-order valence-corrected chi connectivity index (χ2v) is 5.65. The molecule has 0 unspecified atom stereocenters. The number of hydrogen-bond donors (Lipinski definition) is 1. The number of benzene rings is 2. The SMILES string of the molecule is CSc1ccc(NC(=O)c2cc(-c3cccc(F)c3)no2)cc1. The van der Waals surface area contributed by atoms with E-state index in [0.29, 0.717) is 16.9 Å². The molecule has 0 spiro atoms. The molecule has 3 aromatic rings. The van der Waals surface area contributed by atoms with Crippen molar-refractivity contribution in [2.45, 2.75) is 4.90 Å². The van der Waals surface area contributed by atoms with E-state index in [4.69, 9.17) is 4.52 Å². The second kappa shape index (κ2) is 6.66. The Balaban J connectivity index is 1.75. The molecule has 1 N–H and O–H groups in total. The number of nitrogens with one attached hydrogen (secondary N) is 1. The van der Waals surface area contributed by atoms with E-state index in [1.54, 1.807) is 23.9 Å². The van der Waals surface area contributed by atoms with Crippen LogP contribution in [0.5, 0.6) is 0 Å². The van der Waals surface area contributed by atoms with Crippen LogP contribution in [-0.4, -0.2) is 17.3 Å². The standard InChI is InChI=1S/C17H13FN2O2S/c1-23-14-7-5-13(6-8-14)19-17(21)16-10-15(20-22-16)11-3-2-4-12(18)9-11/h2-10H,1H3,(H,19,21). The van der Waals surface area contributed by atoms with E-state index in [2.05, 4.69) is 10.5 Å². The number of thioether (sulfide) groups is 1. The van der Waals surface area contributed by atoms with Crippen LogP contribution in [0.25, 0.3) is 11.3 Å². The number of rotatable bonds is 4. The monoisotopic (exact) mass is 328 g/mol. The summed E-state index contributed by atoms with van der Waals surface area (Å²) in [7, 11) is 0. The topological polar surface area (TPSA) is 55.1 Å². The summed E-state index contributed by atoms with van der Waals surface area (Å²) in [4.78, 5) is 13.3. The van der Waals surface area contributed by atoms with E-state index >= 15 is 0 Å². The summed E-state index contributed by atoms with van der Waals surface area (Å²) in [6.45, 7) is 0. The van der Waals surface area contributed by atoms with Gasteiger partial charge in [-0.3, -0.25) is 4.79 Å². The summed E-state index contributed by atoms with van der Waals surface area (Å²) < 4.78 is 18.3. The van der Waals surface area contributed by atoms with Crippen molar-refractivity contribution >= 4 is 23.4 Å². The molecule has 1 aromatic heterocycles. The summed E-state index contributed by atoms with van der Waals surface area (Å²) in [6.07, 6.45) is 1.98. The fraction of sp³-hybridized carbons (Fsp3) is 0.0588. The molecule has 0 bridgehead atoms. The zero-order chi connectivity index (χ0) is 16.2. The van der Waals surface area contributed by atoms with E-state index < -0.39 is 5.91 Å². The van der Waals surface area contributed by atoms with Crippen molar-refractivity contribution < 1.29 is 13.7 Å². The minimum absolute atomic E-state index is 0.0678. The summed E-state index contributed by atoms with van der Waals surface area (Å²) in [5.74, 6) is -0.708. The molecule has 23 heavy (non-hydrogen) atoms. The molecule has 0 saturated heterocycles. The zero-order valence-electron chi connectivity index (χ0n) is 12.2. The maximum absolute atomic E-state index is 13.2. The molecule has 0 aliphatic heterocycles. The van der Waals surface area contributed by atoms with Gasteiger partial charge in [-0.15, -0.1) is 11.8 Å². The fourth-order valence-corrected chi connectivity index (χ4v) is 2.44. The molecular weight excluding hydrogens is 315 g/mol. The van der Waals surface area contributed by atoms with Gasteiger partial charge in [-0.05, 0) is 42.7 Å². The summed E-state index contributed by atoms with van der Waals surface area (Å²) >= 11 is 1.62. The average molecular weight is 328 g/mol. The number of hydrogen-bond acceptors (Lipinski definition) is 4. The van der Waals surface area contributed by atoms with Crippen molar-refractivity contribution in [1.82, 2.24) is 5.16 Å². The van der Waals surface area contributed by atoms with Gasteiger partial charge in [0.05, 0.1) is 0 Å². The van der Waals surface area contributed by atoms with Gasteiger partial charge in [0.15, 0.2) is 0 Å². The predicted molar refractivity (Wildman–Crippen MR) is 88.1 cm³/mol. The Morgan fingerprint density at radius 3 is 2.65 bits per heavy atom. The zero-order valence-corrected chi connectivity index (χ0v) is 13.1. The van der Waals surface area contributed by atoms with E-state index in [9.17, 15) is 9.18 Å². The van der Waals surface area contributed by atoms with Crippen LogP contribution in [0.4, 0.5) is 10.1 Å². The van der Waals surface area contributed by atoms with E-state index in [1.165, 1.54) is 18.2 Å². The van der Waals surface area contributed by atoms with Gasteiger partial charge in [0.25, 0.3) is 5.91 Å². The Hall–Kier alpha value is -2.60. The third kappa shape index (κ3) is 3.60. The lowest BCUT2D eigenvalue weighted by molar-refractivity contribution is 0.0988. The van der Waals surface area contributed by atoms with Crippen LogP contribution in [0.15, 0.2) is 64.0 Å². The first-order valence-corrected chi connectivity index (χ1v) is 8.06. The van der Waals surface area contributed by atoms with Gasteiger partial charge >= 0.3 is 0 Å². The molecule has 116 valence electrons. The number of amides is 1. The molecule has 4 nitrogen and oxygen atoms in total. The highest BCUT2D eigenvalue weighted by Gasteiger charge is 2.14. The normalized spacial score (nSPS) is 10.5. The molecule has 1 heterocycles. The third-order valence-electron chi connectivity index (χ3n) is 3.20. The predicted octanol–water partition coefficient (Wildman–Crippen LogP) is 4.45. The Morgan fingerprint density at radius 1 is 1.17 bits per heavy atom. The highest BCUT2D eigenvalue weighted by Crippen LogP contribution is 2.21. The van der Waals surface area contributed by atoms with E-state index in [0.717, 1.165) is 4.90 Å². The molecular formula is C17H13FN2O2S. The fourth-order valence-electron chi connectivity index (χ4n) is 2.03. The van der Waals surface area contributed by atoms with Gasteiger partial charge in [-0.2, -0.15) is 0 Å². The molecule has 0 radical (unpaired) electrons. The van der Waals surface area contributed by atoms with Gasteiger partial charge in [-0.1, -0.05) is 17.3 Å². The lowest BCUT2D eigenvalue weighted by atomic mass is 10.1. The number of carbonyl (C=O) groups is 1. The molecule has 2 aromatic carbocycles. The molecule has 6 heteroatoms.